The van der Waals surface area contributed by atoms with E-state index < -0.39 is 0 Å². The van der Waals surface area contributed by atoms with E-state index in [9.17, 15) is 4.79 Å². The topological polar surface area (TPSA) is 81.6 Å². The van der Waals surface area contributed by atoms with Gasteiger partial charge in [-0.25, -0.2) is 19.9 Å². The van der Waals surface area contributed by atoms with Gasteiger partial charge in [-0.3, -0.25) is 4.79 Å². The summed E-state index contributed by atoms with van der Waals surface area (Å²) < 4.78 is 0. The van der Waals surface area contributed by atoms with Gasteiger partial charge in [0.2, 0.25) is 11.9 Å². The summed E-state index contributed by atoms with van der Waals surface area (Å²) in [4.78, 5) is 38.4. The smallest absolute Gasteiger partial charge is 0.257 e. The Hall–Kier alpha value is -2.81. The molecule has 0 aliphatic carbocycles. The third-order valence-corrected chi connectivity index (χ3v) is 5.07. The summed E-state index contributed by atoms with van der Waals surface area (Å²) in [5.74, 6) is 1.44. The maximum Gasteiger partial charge on any atom is 0.257 e. The highest BCUT2D eigenvalue weighted by molar-refractivity contribution is 5.93. The van der Waals surface area contributed by atoms with Crippen LogP contribution in [0.4, 0.5) is 11.9 Å². The summed E-state index contributed by atoms with van der Waals surface area (Å²) in [6.07, 6.45) is 6.81. The summed E-state index contributed by atoms with van der Waals surface area (Å²) in [5.41, 5.74) is 0.555. The van der Waals surface area contributed by atoms with Gasteiger partial charge in [-0.2, -0.15) is 0 Å². The number of amides is 1. The average molecular weight is 368 g/mol. The summed E-state index contributed by atoms with van der Waals surface area (Å²) >= 11 is 0. The molecule has 0 N–H and O–H groups in total. The Morgan fingerprint density at radius 2 is 1.30 bits per heavy atom. The number of aromatic nitrogens is 4. The van der Waals surface area contributed by atoms with Crippen molar-refractivity contribution in [3.05, 3.63) is 36.4 Å². The number of hydrogen-bond donors (Lipinski definition) is 0. The van der Waals surface area contributed by atoms with E-state index >= 15 is 0 Å². The lowest BCUT2D eigenvalue weighted by Crippen LogP contribution is -2.48. The summed E-state index contributed by atoms with van der Waals surface area (Å²) in [7, 11) is 2.07. The molecule has 0 saturated carbocycles. The van der Waals surface area contributed by atoms with E-state index in [-0.39, 0.29) is 5.91 Å². The van der Waals surface area contributed by atoms with Gasteiger partial charge in [0.15, 0.2) is 0 Å². The molecular weight excluding hydrogens is 344 g/mol. The predicted molar refractivity (Wildman–Crippen MR) is 102 cm³/mol. The molecule has 2 aliphatic rings. The second-order valence-corrected chi connectivity index (χ2v) is 6.89. The minimum Gasteiger partial charge on any atom is -0.337 e. The van der Waals surface area contributed by atoms with Crippen LogP contribution in [-0.4, -0.2) is 95.0 Å². The van der Waals surface area contributed by atoms with Crippen LogP contribution >= 0.6 is 0 Å². The van der Waals surface area contributed by atoms with Crippen molar-refractivity contribution in [1.82, 2.24) is 29.7 Å². The number of anilines is 2. The average Bonchev–Trinajstić information content (AvgIpc) is 2.75. The summed E-state index contributed by atoms with van der Waals surface area (Å²) in [6, 6.07) is 1.82. The van der Waals surface area contributed by atoms with Crippen LogP contribution in [0.5, 0.6) is 0 Å². The third-order valence-electron chi connectivity index (χ3n) is 5.07. The first-order valence-electron chi connectivity index (χ1n) is 9.27. The molecule has 2 aromatic rings. The van der Waals surface area contributed by atoms with E-state index in [1.54, 1.807) is 24.8 Å². The first-order chi connectivity index (χ1) is 13.2. The highest BCUT2D eigenvalue weighted by atomic mass is 16.2. The van der Waals surface area contributed by atoms with Crippen LogP contribution in [0.1, 0.15) is 10.4 Å². The number of hydrogen-bond acceptors (Lipinski definition) is 8. The number of carbonyl (C=O) groups excluding carboxylic acids is 1. The first kappa shape index (κ1) is 17.6. The third kappa shape index (κ3) is 3.97. The van der Waals surface area contributed by atoms with Gasteiger partial charge in [0.1, 0.15) is 0 Å². The first-order valence-corrected chi connectivity index (χ1v) is 9.27. The number of rotatable bonds is 3. The highest BCUT2D eigenvalue weighted by Gasteiger charge is 2.23. The molecule has 2 aliphatic heterocycles. The van der Waals surface area contributed by atoms with Gasteiger partial charge in [0, 0.05) is 77.1 Å². The fourth-order valence-electron chi connectivity index (χ4n) is 3.35. The van der Waals surface area contributed by atoms with E-state index in [0.29, 0.717) is 11.5 Å². The molecule has 142 valence electrons. The molecule has 0 bridgehead atoms. The van der Waals surface area contributed by atoms with E-state index in [4.69, 9.17) is 0 Å². The van der Waals surface area contributed by atoms with Crippen LogP contribution in [0.2, 0.25) is 0 Å². The Labute approximate surface area is 158 Å². The van der Waals surface area contributed by atoms with E-state index in [0.717, 1.165) is 58.3 Å². The second kappa shape index (κ2) is 7.83. The van der Waals surface area contributed by atoms with Crippen LogP contribution in [0.15, 0.2) is 30.9 Å². The van der Waals surface area contributed by atoms with Gasteiger partial charge in [-0.1, -0.05) is 0 Å². The van der Waals surface area contributed by atoms with Gasteiger partial charge >= 0.3 is 0 Å². The van der Waals surface area contributed by atoms with E-state index in [1.807, 2.05) is 11.0 Å². The largest absolute Gasteiger partial charge is 0.337 e. The molecule has 0 unspecified atom stereocenters. The maximum atomic E-state index is 12.6. The van der Waals surface area contributed by atoms with E-state index in [2.05, 4.69) is 41.7 Å². The molecule has 9 nitrogen and oxygen atoms in total. The lowest BCUT2D eigenvalue weighted by Gasteiger charge is -2.34. The van der Waals surface area contributed by atoms with Crippen LogP contribution < -0.4 is 9.80 Å². The van der Waals surface area contributed by atoms with Gasteiger partial charge < -0.3 is 19.6 Å². The minimum atomic E-state index is 0.0145. The highest BCUT2D eigenvalue weighted by Crippen LogP contribution is 2.15. The number of piperazine rings is 2. The lowest BCUT2D eigenvalue weighted by atomic mass is 10.2. The molecule has 0 radical (unpaired) electrons. The molecule has 0 spiro atoms. The Morgan fingerprint density at radius 1 is 0.778 bits per heavy atom. The number of likely N-dealkylation sites (N-methyl/N-ethyl adjacent to an activating group) is 1. The molecule has 2 saturated heterocycles. The van der Waals surface area contributed by atoms with E-state index in [1.165, 1.54) is 0 Å². The van der Waals surface area contributed by atoms with Crippen LogP contribution in [0.25, 0.3) is 0 Å². The standard InChI is InChI=1S/C18H24N8O/c1-23-5-7-24(8-6-23)16(27)15-13-21-18(22-14-15)26-11-9-25(10-12-26)17-19-3-2-4-20-17/h2-4,13-14H,5-12H2,1H3. The normalized spacial score (nSPS) is 18.6. The molecule has 0 aromatic carbocycles. The van der Waals surface area contributed by atoms with Crippen LogP contribution in [0.3, 0.4) is 0 Å². The SMILES string of the molecule is CN1CCN(C(=O)c2cnc(N3CCN(c4ncccn4)CC3)nc2)CC1. The van der Waals surface area contributed by atoms with Gasteiger partial charge in [-0.05, 0) is 13.1 Å². The molecule has 0 atom stereocenters. The van der Waals surface area contributed by atoms with Gasteiger partial charge in [-0.15, -0.1) is 0 Å². The monoisotopic (exact) mass is 368 g/mol. The molecule has 4 rings (SSSR count). The Morgan fingerprint density at radius 3 is 1.85 bits per heavy atom. The quantitative estimate of drug-likeness (QED) is 0.748. The maximum absolute atomic E-state index is 12.6. The van der Waals surface area contributed by atoms with Crippen molar-refractivity contribution in [3.8, 4) is 0 Å². The fourth-order valence-corrected chi connectivity index (χ4v) is 3.35. The number of nitrogens with zero attached hydrogens (tertiary/aromatic N) is 8. The molecule has 4 heterocycles. The molecule has 1 amide bonds. The Balaban J connectivity index is 1.35. The molecule has 9 heteroatoms. The number of carbonyl (C=O) groups is 1. The Kier molecular flexibility index (Phi) is 5.10. The van der Waals surface area contributed by atoms with Crippen molar-refractivity contribution < 1.29 is 4.79 Å². The van der Waals surface area contributed by atoms with Crippen molar-refractivity contribution in [2.24, 2.45) is 0 Å². The van der Waals surface area contributed by atoms with Crippen LogP contribution in [0, 0.1) is 0 Å². The van der Waals surface area contributed by atoms with Gasteiger partial charge in [0.25, 0.3) is 5.91 Å². The zero-order chi connectivity index (χ0) is 18.6. The molecule has 27 heavy (non-hydrogen) atoms. The van der Waals surface area contributed by atoms with Crippen LogP contribution in [-0.2, 0) is 0 Å². The fraction of sp³-hybridized carbons (Fsp3) is 0.500. The zero-order valence-electron chi connectivity index (χ0n) is 15.5. The van der Waals surface area contributed by atoms with Crippen molar-refractivity contribution >= 4 is 17.8 Å². The van der Waals surface area contributed by atoms with Crippen molar-refractivity contribution in [3.63, 3.8) is 0 Å². The van der Waals surface area contributed by atoms with Crippen molar-refractivity contribution in [1.29, 1.82) is 0 Å². The zero-order valence-corrected chi connectivity index (χ0v) is 15.5. The molecular formula is C18H24N8O. The Bertz CT molecular complexity index is 753. The van der Waals surface area contributed by atoms with Gasteiger partial charge in [0.05, 0.1) is 5.56 Å². The second-order valence-electron chi connectivity index (χ2n) is 6.89. The summed E-state index contributed by atoms with van der Waals surface area (Å²) in [5, 5.41) is 0. The van der Waals surface area contributed by atoms with Crippen molar-refractivity contribution in [2.75, 3.05) is 69.2 Å². The van der Waals surface area contributed by atoms with Crippen molar-refractivity contribution in [2.45, 2.75) is 0 Å². The minimum absolute atomic E-state index is 0.0145. The summed E-state index contributed by atoms with van der Waals surface area (Å²) in [6.45, 7) is 6.53. The molecule has 2 aromatic heterocycles. The predicted octanol–water partition coefficient (Wildman–Crippen LogP) is -0.0192. The molecule has 2 fully saturated rings. The lowest BCUT2D eigenvalue weighted by molar-refractivity contribution is 0.0663.